The van der Waals surface area contributed by atoms with Gasteiger partial charge in [0.2, 0.25) is 0 Å². The van der Waals surface area contributed by atoms with Crippen LogP contribution in [0, 0.1) is 6.92 Å². The van der Waals surface area contributed by atoms with Crippen molar-refractivity contribution in [1.82, 2.24) is 20.3 Å². The van der Waals surface area contributed by atoms with Crippen LogP contribution in [-0.2, 0) is 0 Å². The number of alkyl halides is 3. The van der Waals surface area contributed by atoms with Gasteiger partial charge in [-0.15, -0.1) is 18.3 Å². The highest BCUT2D eigenvalue weighted by Crippen LogP contribution is 2.24. The van der Waals surface area contributed by atoms with Gasteiger partial charge in [0.25, 0.3) is 5.91 Å². The molecule has 158 valence electrons. The van der Waals surface area contributed by atoms with Crippen LogP contribution in [0.25, 0.3) is 5.69 Å². The van der Waals surface area contributed by atoms with E-state index in [0.29, 0.717) is 22.7 Å². The summed E-state index contributed by atoms with van der Waals surface area (Å²) < 4.78 is 47.4. The Labute approximate surface area is 170 Å². The molecular formula is C20H19F3N4O3. The van der Waals surface area contributed by atoms with Crippen LogP contribution in [0.1, 0.15) is 34.7 Å². The van der Waals surface area contributed by atoms with E-state index in [9.17, 15) is 18.0 Å². The Morgan fingerprint density at radius 1 is 1.13 bits per heavy atom. The smallest absolute Gasteiger partial charge is 0.497 e. The molecule has 0 aliphatic rings. The van der Waals surface area contributed by atoms with Gasteiger partial charge in [-0.05, 0) is 43.7 Å². The van der Waals surface area contributed by atoms with E-state index in [1.165, 1.54) is 28.9 Å². The normalized spacial score (nSPS) is 12.3. The number of carbonyl (C=O) groups is 1. The maximum atomic E-state index is 12.6. The Morgan fingerprint density at radius 2 is 1.83 bits per heavy atom. The number of aromatic nitrogens is 3. The number of hydrogen-bond donors (Lipinski definition) is 1. The fourth-order valence-corrected chi connectivity index (χ4v) is 2.83. The quantitative estimate of drug-likeness (QED) is 0.653. The minimum atomic E-state index is -4.76. The van der Waals surface area contributed by atoms with Gasteiger partial charge < -0.3 is 14.8 Å². The topological polar surface area (TPSA) is 78.3 Å². The number of halogens is 3. The number of benzene rings is 2. The van der Waals surface area contributed by atoms with E-state index in [1.54, 1.807) is 45.2 Å². The largest absolute Gasteiger partial charge is 0.573 e. The second-order valence-corrected chi connectivity index (χ2v) is 6.45. The van der Waals surface area contributed by atoms with Crippen LogP contribution in [0.15, 0.2) is 48.5 Å². The summed E-state index contributed by atoms with van der Waals surface area (Å²) in [5.74, 6) is -0.147. The van der Waals surface area contributed by atoms with Gasteiger partial charge in [0, 0.05) is 6.07 Å². The number of methoxy groups -OCH3 is 1. The molecule has 3 rings (SSSR count). The zero-order valence-corrected chi connectivity index (χ0v) is 16.4. The summed E-state index contributed by atoms with van der Waals surface area (Å²) in [6.45, 7) is 3.42. The van der Waals surface area contributed by atoms with Crippen LogP contribution in [0.4, 0.5) is 13.2 Å². The monoisotopic (exact) mass is 420 g/mol. The molecule has 7 nitrogen and oxygen atoms in total. The Hall–Kier alpha value is -3.56. The Bertz CT molecular complexity index is 1030. The summed E-state index contributed by atoms with van der Waals surface area (Å²) >= 11 is 0. The highest BCUT2D eigenvalue weighted by molar-refractivity contribution is 5.93. The summed E-state index contributed by atoms with van der Waals surface area (Å²) in [5, 5.41) is 10.8. The van der Waals surface area contributed by atoms with E-state index in [2.05, 4.69) is 20.4 Å². The molecule has 0 saturated carbocycles. The van der Waals surface area contributed by atoms with Gasteiger partial charge in [-0.2, -0.15) is 0 Å². The fraction of sp³-hybridized carbons (Fsp3) is 0.250. The zero-order chi connectivity index (χ0) is 21.9. The number of hydrogen-bond acceptors (Lipinski definition) is 5. The van der Waals surface area contributed by atoms with Gasteiger partial charge in [0.15, 0.2) is 5.69 Å². The van der Waals surface area contributed by atoms with E-state index in [0.717, 1.165) is 0 Å². The van der Waals surface area contributed by atoms with E-state index < -0.39 is 18.3 Å². The van der Waals surface area contributed by atoms with Crippen LogP contribution in [-0.4, -0.2) is 34.4 Å². The number of ether oxygens (including phenoxy) is 2. The van der Waals surface area contributed by atoms with Crippen molar-refractivity contribution in [1.29, 1.82) is 0 Å². The summed E-state index contributed by atoms with van der Waals surface area (Å²) in [6, 6.07) is 12.0. The molecule has 30 heavy (non-hydrogen) atoms. The zero-order valence-electron chi connectivity index (χ0n) is 16.4. The summed E-state index contributed by atoms with van der Waals surface area (Å²) in [7, 11) is 1.55. The summed E-state index contributed by atoms with van der Waals surface area (Å²) in [5.41, 5.74) is 1.96. The maximum absolute atomic E-state index is 12.6. The molecule has 1 N–H and O–H groups in total. The van der Waals surface area contributed by atoms with Crippen molar-refractivity contribution in [3.05, 3.63) is 65.5 Å². The average molecular weight is 420 g/mol. The number of nitrogens with one attached hydrogen (secondary N) is 1. The number of rotatable bonds is 6. The number of amides is 1. The molecule has 0 bridgehead atoms. The first-order valence-corrected chi connectivity index (χ1v) is 8.91. The average Bonchev–Trinajstić information content (AvgIpc) is 3.08. The molecule has 1 heterocycles. The minimum Gasteiger partial charge on any atom is -0.497 e. The molecule has 10 heteroatoms. The van der Waals surface area contributed by atoms with Gasteiger partial charge in [-0.1, -0.05) is 23.4 Å². The predicted molar refractivity (Wildman–Crippen MR) is 102 cm³/mol. The van der Waals surface area contributed by atoms with Gasteiger partial charge >= 0.3 is 6.36 Å². The molecule has 1 unspecified atom stereocenters. The van der Waals surface area contributed by atoms with Gasteiger partial charge in [-0.3, -0.25) is 4.79 Å². The van der Waals surface area contributed by atoms with Crippen molar-refractivity contribution in [3.63, 3.8) is 0 Å². The summed E-state index contributed by atoms with van der Waals surface area (Å²) in [6.07, 6.45) is -4.76. The maximum Gasteiger partial charge on any atom is 0.573 e. The second-order valence-electron chi connectivity index (χ2n) is 6.45. The first-order valence-electron chi connectivity index (χ1n) is 8.91. The van der Waals surface area contributed by atoms with Crippen molar-refractivity contribution >= 4 is 5.91 Å². The lowest BCUT2D eigenvalue weighted by molar-refractivity contribution is -0.274. The minimum absolute atomic E-state index is 0.140. The van der Waals surface area contributed by atoms with Gasteiger partial charge in [0.1, 0.15) is 11.5 Å². The molecule has 1 atom stereocenters. The molecule has 0 aliphatic carbocycles. The van der Waals surface area contributed by atoms with Crippen molar-refractivity contribution < 1.29 is 27.4 Å². The molecular weight excluding hydrogens is 401 g/mol. The molecule has 0 radical (unpaired) electrons. The lowest BCUT2D eigenvalue weighted by Crippen LogP contribution is -2.27. The lowest BCUT2D eigenvalue weighted by Gasteiger charge is -2.15. The van der Waals surface area contributed by atoms with Crippen LogP contribution >= 0.6 is 0 Å². The second kappa shape index (κ2) is 8.44. The summed E-state index contributed by atoms with van der Waals surface area (Å²) in [4.78, 5) is 12.6. The Balaban J connectivity index is 1.72. The van der Waals surface area contributed by atoms with E-state index in [-0.39, 0.29) is 11.4 Å². The molecule has 1 amide bonds. The van der Waals surface area contributed by atoms with Crippen LogP contribution < -0.4 is 14.8 Å². The van der Waals surface area contributed by atoms with Crippen molar-refractivity contribution in [2.45, 2.75) is 26.3 Å². The highest BCUT2D eigenvalue weighted by atomic mass is 19.4. The molecule has 0 saturated heterocycles. The molecule has 0 fully saturated rings. The first-order chi connectivity index (χ1) is 14.2. The number of nitrogens with zero attached hydrogens (tertiary/aromatic N) is 3. The van der Waals surface area contributed by atoms with Crippen molar-refractivity contribution in [3.8, 4) is 17.2 Å². The van der Waals surface area contributed by atoms with Crippen LogP contribution in [0.3, 0.4) is 0 Å². The highest BCUT2D eigenvalue weighted by Gasteiger charge is 2.31. The van der Waals surface area contributed by atoms with Crippen LogP contribution in [0.2, 0.25) is 0 Å². The first kappa shape index (κ1) is 21.2. The molecule has 2 aromatic carbocycles. The molecule has 0 spiro atoms. The van der Waals surface area contributed by atoms with Gasteiger partial charge in [0.05, 0.1) is 24.5 Å². The third-order valence-electron chi connectivity index (χ3n) is 4.37. The predicted octanol–water partition coefficient (Wildman–Crippen LogP) is 3.97. The van der Waals surface area contributed by atoms with Crippen molar-refractivity contribution in [2.75, 3.05) is 7.11 Å². The lowest BCUT2D eigenvalue weighted by atomic mass is 10.1. The van der Waals surface area contributed by atoms with Crippen molar-refractivity contribution in [2.24, 2.45) is 0 Å². The SMILES string of the molecule is COc1cccc(-n2nnc(C(=O)NC(C)c3ccc(OC(F)(F)F)cc3)c2C)c1. The standard InChI is InChI=1S/C20H19F3N4O3/c1-12(14-7-9-16(10-8-14)30-20(21,22)23)24-19(28)18-13(2)27(26-25-18)15-5-4-6-17(11-15)29-3/h4-12H,1-3H3,(H,24,28). The third kappa shape index (κ3) is 4.88. The molecule has 0 aliphatic heterocycles. The third-order valence-corrected chi connectivity index (χ3v) is 4.37. The Kier molecular flexibility index (Phi) is 5.95. The van der Waals surface area contributed by atoms with E-state index >= 15 is 0 Å². The molecule has 1 aromatic heterocycles. The van der Waals surface area contributed by atoms with E-state index in [4.69, 9.17) is 4.74 Å². The van der Waals surface area contributed by atoms with Crippen LogP contribution in [0.5, 0.6) is 11.5 Å². The van der Waals surface area contributed by atoms with E-state index in [1.807, 2.05) is 0 Å². The van der Waals surface area contributed by atoms with Gasteiger partial charge in [-0.25, -0.2) is 4.68 Å². The molecule has 3 aromatic rings. The Morgan fingerprint density at radius 3 is 2.47 bits per heavy atom. The fourth-order valence-electron chi connectivity index (χ4n) is 2.83. The number of carbonyl (C=O) groups excluding carboxylic acids is 1.